The third-order valence-electron chi connectivity index (χ3n) is 4.48. The van der Waals surface area contributed by atoms with Crippen LogP contribution < -0.4 is 10.9 Å². The maximum atomic E-state index is 14.6. The molecule has 0 saturated heterocycles. The molecule has 2 aromatic heterocycles. The zero-order valence-electron chi connectivity index (χ0n) is 16.7. The highest BCUT2D eigenvalue weighted by molar-refractivity contribution is 8.00. The fraction of sp³-hybridized carbons (Fsp3) is 0.143. The smallest absolute Gasteiger partial charge is 0.266 e. The van der Waals surface area contributed by atoms with Gasteiger partial charge in [-0.15, -0.1) is 0 Å². The summed E-state index contributed by atoms with van der Waals surface area (Å²) in [5.41, 5.74) is 0.103. The van der Waals surface area contributed by atoms with Crippen LogP contribution in [0, 0.1) is 18.6 Å². The number of thioether (sulfide) groups is 1. The quantitative estimate of drug-likeness (QED) is 0.331. The minimum Gasteiger partial charge on any atom is -0.338 e. The van der Waals surface area contributed by atoms with Crippen molar-refractivity contribution in [3.63, 3.8) is 0 Å². The SMILES string of the molecule is Cc1cc(NC(=O)C(C)Sc2nc3ccc(Cl)cc3c(=O)n2-c2ccc(F)cc2F)on1. The number of nitrogens with one attached hydrogen (secondary N) is 1. The molecule has 2 heterocycles. The average Bonchev–Trinajstić information content (AvgIpc) is 3.14. The molecule has 0 aliphatic heterocycles. The Morgan fingerprint density at radius 3 is 2.69 bits per heavy atom. The van der Waals surface area contributed by atoms with Gasteiger partial charge in [-0.25, -0.2) is 13.8 Å². The zero-order chi connectivity index (χ0) is 23.0. The molecule has 1 N–H and O–H groups in total. The van der Waals surface area contributed by atoms with E-state index >= 15 is 0 Å². The molecule has 0 radical (unpaired) electrons. The Balaban J connectivity index is 1.79. The highest BCUT2D eigenvalue weighted by Crippen LogP contribution is 2.28. The molecule has 11 heteroatoms. The molecule has 0 spiro atoms. The first-order chi connectivity index (χ1) is 15.2. The van der Waals surface area contributed by atoms with Gasteiger partial charge in [-0.1, -0.05) is 28.5 Å². The van der Waals surface area contributed by atoms with E-state index in [2.05, 4.69) is 15.5 Å². The molecule has 4 rings (SSSR count). The van der Waals surface area contributed by atoms with Crippen molar-refractivity contribution in [1.29, 1.82) is 0 Å². The van der Waals surface area contributed by atoms with Crippen molar-refractivity contribution in [2.24, 2.45) is 0 Å². The van der Waals surface area contributed by atoms with E-state index in [1.807, 2.05) is 0 Å². The highest BCUT2D eigenvalue weighted by atomic mass is 35.5. The van der Waals surface area contributed by atoms with E-state index in [1.54, 1.807) is 32.0 Å². The second-order valence-electron chi connectivity index (χ2n) is 6.87. The largest absolute Gasteiger partial charge is 0.338 e. The zero-order valence-corrected chi connectivity index (χ0v) is 18.3. The molecule has 0 saturated carbocycles. The standard InChI is InChI=1S/C21H15ClF2N4O3S/c1-10-7-18(31-27-10)26-19(29)11(2)32-21-25-16-5-3-12(22)8-14(16)20(30)28(21)17-6-4-13(23)9-15(17)24/h3-9,11H,1-2H3,(H,26,29). The van der Waals surface area contributed by atoms with Crippen molar-refractivity contribution in [2.45, 2.75) is 24.3 Å². The average molecular weight is 477 g/mol. The molecule has 0 aliphatic rings. The van der Waals surface area contributed by atoms with E-state index in [9.17, 15) is 18.4 Å². The fourth-order valence-electron chi connectivity index (χ4n) is 2.95. The lowest BCUT2D eigenvalue weighted by atomic mass is 10.2. The number of carbonyl (C=O) groups is 1. The number of benzene rings is 2. The first-order valence-corrected chi connectivity index (χ1v) is 10.6. The molecule has 1 amide bonds. The van der Waals surface area contributed by atoms with Crippen LogP contribution >= 0.6 is 23.4 Å². The van der Waals surface area contributed by atoms with Gasteiger partial charge in [0, 0.05) is 17.2 Å². The van der Waals surface area contributed by atoms with Crippen molar-refractivity contribution in [2.75, 3.05) is 5.32 Å². The van der Waals surface area contributed by atoms with E-state index in [0.717, 1.165) is 28.5 Å². The summed E-state index contributed by atoms with van der Waals surface area (Å²) in [7, 11) is 0. The van der Waals surface area contributed by atoms with Crippen LogP contribution in [-0.2, 0) is 4.79 Å². The second kappa shape index (κ2) is 8.71. The summed E-state index contributed by atoms with van der Waals surface area (Å²) in [5.74, 6) is -2.02. The van der Waals surface area contributed by atoms with Crippen LogP contribution in [0.5, 0.6) is 0 Å². The van der Waals surface area contributed by atoms with Crippen molar-refractivity contribution in [1.82, 2.24) is 14.7 Å². The van der Waals surface area contributed by atoms with E-state index in [4.69, 9.17) is 16.1 Å². The van der Waals surface area contributed by atoms with E-state index < -0.39 is 28.4 Å². The number of aryl methyl sites for hydroxylation is 1. The number of rotatable bonds is 5. The first kappa shape index (κ1) is 22.0. The van der Waals surface area contributed by atoms with Gasteiger partial charge in [-0.3, -0.25) is 19.5 Å². The summed E-state index contributed by atoms with van der Waals surface area (Å²) in [5, 5.41) is 6.02. The number of halogens is 3. The molecule has 1 atom stereocenters. The van der Waals surface area contributed by atoms with Crippen LogP contribution in [0.2, 0.25) is 5.02 Å². The maximum absolute atomic E-state index is 14.6. The van der Waals surface area contributed by atoms with E-state index in [1.165, 1.54) is 6.07 Å². The highest BCUT2D eigenvalue weighted by Gasteiger charge is 2.23. The van der Waals surface area contributed by atoms with Crippen molar-refractivity contribution in [3.8, 4) is 5.69 Å². The Bertz CT molecular complexity index is 1410. The molecule has 164 valence electrons. The minimum absolute atomic E-state index is 0.0479. The third kappa shape index (κ3) is 4.37. The predicted molar refractivity (Wildman–Crippen MR) is 117 cm³/mol. The molecular formula is C21H15ClF2N4O3S. The monoisotopic (exact) mass is 476 g/mol. The molecule has 2 aromatic carbocycles. The number of anilines is 1. The van der Waals surface area contributed by atoms with Crippen molar-refractivity contribution >= 4 is 46.1 Å². The van der Waals surface area contributed by atoms with Gasteiger partial charge in [0.2, 0.25) is 11.8 Å². The van der Waals surface area contributed by atoms with Crippen LogP contribution in [0.25, 0.3) is 16.6 Å². The lowest BCUT2D eigenvalue weighted by Gasteiger charge is -2.16. The van der Waals surface area contributed by atoms with Crippen molar-refractivity contribution in [3.05, 3.63) is 75.2 Å². The number of amides is 1. The molecule has 4 aromatic rings. The van der Waals surface area contributed by atoms with Crippen LogP contribution in [0.4, 0.5) is 14.7 Å². The summed E-state index contributed by atoms with van der Waals surface area (Å²) in [6.45, 7) is 3.30. The number of carbonyl (C=O) groups excluding carboxylic acids is 1. The molecule has 32 heavy (non-hydrogen) atoms. The summed E-state index contributed by atoms with van der Waals surface area (Å²) in [6, 6.07) is 8.92. The van der Waals surface area contributed by atoms with Crippen LogP contribution in [-0.4, -0.2) is 25.9 Å². The van der Waals surface area contributed by atoms with Gasteiger partial charge in [0.15, 0.2) is 5.16 Å². The minimum atomic E-state index is -0.952. The molecule has 0 aliphatic carbocycles. The summed E-state index contributed by atoms with van der Waals surface area (Å²) < 4.78 is 34.0. The van der Waals surface area contributed by atoms with Gasteiger partial charge in [0.1, 0.15) is 11.6 Å². The van der Waals surface area contributed by atoms with Crippen molar-refractivity contribution < 1.29 is 18.1 Å². The topological polar surface area (TPSA) is 90.0 Å². The predicted octanol–water partition coefficient (Wildman–Crippen LogP) is 4.73. The summed E-state index contributed by atoms with van der Waals surface area (Å²) in [4.78, 5) is 30.3. The van der Waals surface area contributed by atoms with Crippen LogP contribution in [0.3, 0.4) is 0 Å². The Kier molecular flexibility index (Phi) is 5.98. The maximum Gasteiger partial charge on any atom is 0.266 e. The number of fused-ring (bicyclic) bond motifs is 1. The second-order valence-corrected chi connectivity index (χ2v) is 8.62. The third-order valence-corrected chi connectivity index (χ3v) is 5.76. The molecule has 0 bridgehead atoms. The van der Waals surface area contributed by atoms with E-state index in [0.29, 0.717) is 22.3 Å². The summed E-state index contributed by atoms with van der Waals surface area (Å²) in [6.07, 6.45) is 0. The molecular weight excluding hydrogens is 462 g/mol. The van der Waals surface area contributed by atoms with Gasteiger partial charge >= 0.3 is 0 Å². The van der Waals surface area contributed by atoms with Crippen LogP contribution in [0.1, 0.15) is 12.6 Å². The molecule has 1 unspecified atom stereocenters. The number of hydrogen-bond donors (Lipinski definition) is 1. The lowest BCUT2D eigenvalue weighted by Crippen LogP contribution is -2.26. The Morgan fingerprint density at radius 2 is 2.00 bits per heavy atom. The molecule has 7 nitrogen and oxygen atoms in total. The van der Waals surface area contributed by atoms with Gasteiger partial charge in [-0.2, -0.15) is 0 Å². The lowest BCUT2D eigenvalue weighted by molar-refractivity contribution is -0.115. The van der Waals surface area contributed by atoms with Gasteiger partial charge in [0.25, 0.3) is 5.56 Å². The Labute approximate surface area is 189 Å². The number of aromatic nitrogens is 3. The Hall–Kier alpha value is -3.24. The normalized spacial score (nSPS) is 12.2. The Morgan fingerprint density at radius 1 is 1.22 bits per heavy atom. The number of nitrogens with zero attached hydrogens (tertiary/aromatic N) is 3. The van der Waals surface area contributed by atoms with E-state index in [-0.39, 0.29) is 22.1 Å². The fourth-order valence-corrected chi connectivity index (χ4v) is 4.04. The van der Waals surface area contributed by atoms with Gasteiger partial charge in [-0.05, 0) is 44.2 Å². The molecule has 0 fully saturated rings. The van der Waals surface area contributed by atoms with Crippen LogP contribution in [0.15, 0.2) is 56.9 Å². The van der Waals surface area contributed by atoms with Gasteiger partial charge in [0.05, 0.1) is 27.5 Å². The van der Waals surface area contributed by atoms with Gasteiger partial charge < -0.3 is 4.52 Å². The number of hydrogen-bond acceptors (Lipinski definition) is 6. The first-order valence-electron chi connectivity index (χ1n) is 9.31. The summed E-state index contributed by atoms with van der Waals surface area (Å²) >= 11 is 6.94.